The molecule has 136 valence electrons. The lowest BCUT2D eigenvalue weighted by Crippen LogP contribution is -2.05. The Morgan fingerprint density at radius 3 is 2.70 bits per heavy atom. The number of alkyl halides is 2. The summed E-state index contributed by atoms with van der Waals surface area (Å²) in [5, 5.41) is 4.13. The first-order chi connectivity index (χ1) is 13.0. The van der Waals surface area contributed by atoms with E-state index in [9.17, 15) is 8.78 Å². The minimum atomic E-state index is -2.01. The van der Waals surface area contributed by atoms with Crippen LogP contribution in [0.2, 0.25) is 0 Å². The van der Waals surface area contributed by atoms with Crippen LogP contribution in [0.1, 0.15) is 40.8 Å². The zero-order valence-electron chi connectivity index (χ0n) is 14.8. The van der Waals surface area contributed by atoms with E-state index in [1.807, 2.05) is 28.8 Å². The first-order valence-corrected chi connectivity index (χ1v) is 8.65. The Balaban J connectivity index is 1.50. The topological polar surface area (TPSA) is 60.9 Å². The third-order valence-corrected chi connectivity index (χ3v) is 4.91. The summed E-state index contributed by atoms with van der Waals surface area (Å²) in [6.45, 7) is 4.15. The lowest BCUT2D eigenvalue weighted by atomic mass is 10.1. The SMILES string of the molecule is Cc1ncc(C)n2nc([C@H](F)[C@@H](F)c3cn4c(n3)-c3ccccc3C4)nc12. The first kappa shape index (κ1) is 16.0. The quantitative estimate of drug-likeness (QED) is 0.489. The molecule has 0 saturated heterocycles. The van der Waals surface area contributed by atoms with E-state index in [-0.39, 0.29) is 11.5 Å². The summed E-state index contributed by atoms with van der Waals surface area (Å²) in [7, 11) is 0. The van der Waals surface area contributed by atoms with Gasteiger partial charge in [0.05, 0.1) is 17.1 Å². The Morgan fingerprint density at radius 2 is 1.89 bits per heavy atom. The minimum Gasteiger partial charge on any atom is -0.326 e. The molecule has 0 unspecified atom stereocenters. The fraction of sp³-hybridized carbons (Fsp3) is 0.263. The zero-order chi connectivity index (χ0) is 18.7. The van der Waals surface area contributed by atoms with Crippen molar-refractivity contribution in [3.8, 4) is 11.4 Å². The largest absolute Gasteiger partial charge is 0.326 e. The molecule has 0 aliphatic carbocycles. The second-order valence-corrected chi connectivity index (χ2v) is 6.77. The van der Waals surface area contributed by atoms with Gasteiger partial charge in [-0.3, -0.25) is 4.98 Å². The van der Waals surface area contributed by atoms with E-state index < -0.39 is 12.3 Å². The highest BCUT2D eigenvalue weighted by atomic mass is 19.2. The van der Waals surface area contributed by atoms with Gasteiger partial charge < -0.3 is 4.57 Å². The monoisotopic (exact) mass is 366 g/mol. The van der Waals surface area contributed by atoms with Gasteiger partial charge in [-0.05, 0) is 19.4 Å². The summed E-state index contributed by atoms with van der Waals surface area (Å²) < 4.78 is 33.1. The van der Waals surface area contributed by atoms with Gasteiger partial charge in [0.15, 0.2) is 23.8 Å². The van der Waals surface area contributed by atoms with E-state index in [1.165, 1.54) is 4.52 Å². The number of halogens is 2. The van der Waals surface area contributed by atoms with E-state index in [0.717, 1.165) is 11.1 Å². The highest BCUT2D eigenvalue weighted by Gasteiger charge is 2.32. The average Bonchev–Trinajstić information content (AvgIpc) is 3.36. The minimum absolute atomic E-state index is 0.0532. The molecule has 4 aromatic rings. The molecule has 0 saturated carbocycles. The molecular formula is C19H16F2N6. The molecule has 2 atom stereocenters. The number of fused-ring (bicyclic) bond motifs is 4. The van der Waals surface area contributed by atoms with Gasteiger partial charge in [0.1, 0.15) is 5.82 Å². The number of imidazole rings is 1. The fourth-order valence-corrected chi connectivity index (χ4v) is 3.47. The van der Waals surface area contributed by atoms with Crippen molar-refractivity contribution in [3.63, 3.8) is 0 Å². The van der Waals surface area contributed by atoms with Gasteiger partial charge in [0.25, 0.3) is 0 Å². The molecule has 1 aliphatic heterocycles. The molecule has 0 amide bonds. The van der Waals surface area contributed by atoms with E-state index >= 15 is 0 Å². The number of nitrogens with zero attached hydrogens (tertiary/aromatic N) is 6. The molecule has 0 radical (unpaired) electrons. The molecule has 5 rings (SSSR count). The lowest BCUT2D eigenvalue weighted by Gasteiger charge is -2.08. The second kappa shape index (κ2) is 5.67. The third-order valence-electron chi connectivity index (χ3n) is 4.91. The van der Waals surface area contributed by atoms with Crippen LogP contribution >= 0.6 is 0 Å². The van der Waals surface area contributed by atoms with E-state index in [0.29, 0.717) is 29.4 Å². The van der Waals surface area contributed by atoms with Gasteiger partial charge in [-0.15, -0.1) is 5.10 Å². The molecule has 1 aromatic carbocycles. The predicted molar refractivity (Wildman–Crippen MR) is 94.7 cm³/mol. The van der Waals surface area contributed by atoms with Crippen molar-refractivity contribution in [2.24, 2.45) is 0 Å². The van der Waals surface area contributed by atoms with Crippen molar-refractivity contribution in [1.82, 2.24) is 29.1 Å². The molecule has 3 aromatic heterocycles. The molecule has 6 nitrogen and oxygen atoms in total. The van der Waals surface area contributed by atoms with Crippen LogP contribution in [-0.4, -0.2) is 29.1 Å². The van der Waals surface area contributed by atoms with Crippen LogP contribution in [0.5, 0.6) is 0 Å². The Morgan fingerprint density at radius 1 is 1.07 bits per heavy atom. The molecule has 0 spiro atoms. The molecule has 4 heterocycles. The van der Waals surface area contributed by atoms with E-state index in [2.05, 4.69) is 20.1 Å². The summed E-state index contributed by atoms with van der Waals surface area (Å²) in [5.74, 6) is 0.463. The maximum Gasteiger partial charge on any atom is 0.198 e. The van der Waals surface area contributed by atoms with Gasteiger partial charge in [0.2, 0.25) is 0 Å². The van der Waals surface area contributed by atoms with E-state index in [1.54, 1.807) is 26.2 Å². The Kier molecular flexibility index (Phi) is 3.37. The van der Waals surface area contributed by atoms with Gasteiger partial charge in [-0.1, -0.05) is 24.3 Å². The smallest absolute Gasteiger partial charge is 0.198 e. The van der Waals surface area contributed by atoms with Crippen LogP contribution in [-0.2, 0) is 6.54 Å². The predicted octanol–water partition coefficient (Wildman–Crippen LogP) is 3.69. The number of hydrogen-bond donors (Lipinski definition) is 0. The van der Waals surface area contributed by atoms with Crippen LogP contribution in [0.3, 0.4) is 0 Å². The van der Waals surface area contributed by atoms with Gasteiger partial charge in [0, 0.05) is 24.5 Å². The van der Waals surface area contributed by atoms with Gasteiger partial charge >= 0.3 is 0 Å². The highest BCUT2D eigenvalue weighted by Crippen LogP contribution is 2.37. The number of hydrogen-bond acceptors (Lipinski definition) is 4. The normalized spacial score (nSPS) is 15.0. The Labute approximate surface area is 153 Å². The average molecular weight is 366 g/mol. The molecule has 0 bridgehead atoms. The zero-order valence-corrected chi connectivity index (χ0v) is 14.8. The third kappa shape index (κ3) is 2.36. The first-order valence-electron chi connectivity index (χ1n) is 8.65. The Bertz CT molecular complexity index is 1140. The maximum atomic E-state index is 14.9. The van der Waals surface area contributed by atoms with Crippen LogP contribution in [0.4, 0.5) is 8.78 Å². The molecule has 1 aliphatic rings. The summed E-state index contributed by atoms with van der Waals surface area (Å²) in [6.07, 6.45) is -0.755. The van der Waals surface area contributed by atoms with Crippen LogP contribution < -0.4 is 0 Å². The summed E-state index contributed by atoms with van der Waals surface area (Å²) in [4.78, 5) is 12.7. The number of aryl methyl sites for hydroxylation is 2. The highest BCUT2D eigenvalue weighted by molar-refractivity contribution is 5.65. The van der Waals surface area contributed by atoms with Crippen molar-refractivity contribution in [2.45, 2.75) is 32.7 Å². The van der Waals surface area contributed by atoms with Crippen LogP contribution in [0.15, 0.2) is 36.7 Å². The van der Waals surface area contributed by atoms with Crippen molar-refractivity contribution in [2.75, 3.05) is 0 Å². The van der Waals surface area contributed by atoms with Crippen molar-refractivity contribution >= 4 is 5.65 Å². The summed E-state index contributed by atoms with van der Waals surface area (Å²) in [5.41, 5.74) is 3.88. The van der Waals surface area contributed by atoms with Crippen molar-refractivity contribution in [3.05, 3.63) is 65.1 Å². The second-order valence-electron chi connectivity index (χ2n) is 6.77. The number of rotatable bonds is 3. The Hall–Kier alpha value is -3.16. The maximum absolute atomic E-state index is 14.9. The van der Waals surface area contributed by atoms with Crippen LogP contribution in [0.25, 0.3) is 17.0 Å². The van der Waals surface area contributed by atoms with Gasteiger partial charge in [-0.2, -0.15) is 0 Å². The number of aromatic nitrogens is 6. The number of benzene rings is 1. The van der Waals surface area contributed by atoms with Gasteiger partial charge in [-0.25, -0.2) is 23.3 Å². The molecule has 8 heteroatoms. The standard InChI is InChI=1S/C19H16F2N6/c1-10-7-22-11(2)18-24-17(25-27(10)18)16(21)15(20)14-9-26-8-12-5-3-4-6-13(12)19(26)23-14/h3-7,9,15-16H,8H2,1-2H3/t15-,16+/m0/s1. The summed E-state index contributed by atoms with van der Waals surface area (Å²) >= 11 is 0. The molecule has 0 N–H and O–H groups in total. The van der Waals surface area contributed by atoms with Crippen molar-refractivity contribution < 1.29 is 8.78 Å². The van der Waals surface area contributed by atoms with Crippen molar-refractivity contribution in [1.29, 1.82) is 0 Å². The summed E-state index contributed by atoms with van der Waals surface area (Å²) in [6, 6.07) is 7.81. The van der Waals surface area contributed by atoms with E-state index in [4.69, 9.17) is 0 Å². The lowest BCUT2D eigenvalue weighted by molar-refractivity contribution is 0.159. The molecule has 27 heavy (non-hydrogen) atoms. The fourth-order valence-electron chi connectivity index (χ4n) is 3.47. The molecular weight excluding hydrogens is 350 g/mol. The molecule has 0 fully saturated rings. The van der Waals surface area contributed by atoms with Crippen LogP contribution in [0, 0.1) is 13.8 Å².